The molecule has 2 aliphatic rings. The molecule has 8 heteroatoms. The number of carbonyl (C=O) groups is 1. The van der Waals surface area contributed by atoms with E-state index in [1.807, 2.05) is 0 Å². The van der Waals surface area contributed by atoms with Gasteiger partial charge in [0.2, 0.25) is 0 Å². The molecule has 0 bridgehead atoms. The first-order valence-corrected chi connectivity index (χ1v) is 7.76. The van der Waals surface area contributed by atoms with Gasteiger partial charge in [0.05, 0.1) is 6.10 Å². The van der Waals surface area contributed by atoms with Crippen LogP contribution in [0.3, 0.4) is 0 Å². The first-order chi connectivity index (χ1) is 10.5. The molecule has 1 saturated heterocycles. The predicted octanol–water partition coefficient (Wildman–Crippen LogP) is 2.21. The average Bonchev–Trinajstić information content (AvgIpc) is 2.91. The topological polar surface area (TPSA) is 59.6 Å². The van der Waals surface area contributed by atoms with Gasteiger partial charge in [0.25, 0.3) is 0 Å². The molecule has 0 spiro atoms. The minimum atomic E-state index is -4.30. The lowest BCUT2D eigenvalue weighted by Gasteiger charge is -2.33. The van der Waals surface area contributed by atoms with E-state index in [4.69, 9.17) is 4.74 Å². The molecule has 1 aliphatic heterocycles. The smallest absolute Gasteiger partial charge is 0.378 e. The summed E-state index contributed by atoms with van der Waals surface area (Å²) in [6.07, 6.45) is 0.329. The molecule has 2 fully saturated rings. The van der Waals surface area contributed by atoms with E-state index in [0.717, 1.165) is 32.3 Å². The number of rotatable bonds is 6. The monoisotopic (exact) mass is 324 g/mol. The van der Waals surface area contributed by atoms with Gasteiger partial charge in [0.15, 0.2) is 0 Å². The number of alkyl halides is 3. The molecular formula is C14H23F3N2O3. The van der Waals surface area contributed by atoms with Crippen molar-refractivity contribution in [1.29, 1.82) is 0 Å². The van der Waals surface area contributed by atoms with Crippen molar-refractivity contribution in [2.75, 3.05) is 26.4 Å². The van der Waals surface area contributed by atoms with E-state index in [1.54, 1.807) is 0 Å². The standard InChI is InChI=1S/C14H23F3N2O3/c15-14(16,17)9-21-7-2-6-18-13(20)19-11-3-1-4-12-10(11)5-8-22-12/h10-12H,1-9H2,(H2,18,19,20)/t10-,11+,12+/m0/s1. The number of halogens is 3. The predicted molar refractivity (Wildman–Crippen MR) is 73.5 cm³/mol. The van der Waals surface area contributed by atoms with Gasteiger partial charge in [-0.3, -0.25) is 0 Å². The Labute approximate surface area is 127 Å². The van der Waals surface area contributed by atoms with E-state index in [-0.39, 0.29) is 24.8 Å². The van der Waals surface area contributed by atoms with Crippen molar-refractivity contribution in [3.8, 4) is 0 Å². The minimum absolute atomic E-state index is 0.0260. The van der Waals surface area contributed by atoms with Crippen molar-refractivity contribution in [2.24, 2.45) is 5.92 Å². The van der Waals surface area contributed by atoms with Gasteiger partial charge in [0.1, 0.15) is 6.61 Å². The Morgan fingerprint density at radius 2 is 2.09 bits per heavy atom. The Morgan fingerprint density at radius 3 is 2.86 bits per heavy atom. The number of amides is 2. The van der Waals surface area contributed by atoms with Crippen molar-refractivity contribution in [3.63, 3.8) is 0 Å². The van der Waals surface area contributed by atoms with Crippen LogP contribution in [0.5, 0.6) is 0 Å². The average molecular weight is 324 g/mol. The zero-order chi connectivity index (χ0) is 16.0. The highest BCUT2D eigenvalue weighted by molar-refractivity contribution is 5.74. The van der Waals surface area contributed by atoms with Crippen LogP contribution in [-0.2, 0) is 9.47 Å². The molecule has 5 nitrogen and oxygen atoms in total. The molecule has 0 aromatic carbocycles. The molecule has 2 amide bonds. The highest BCUT2D eigenvalue weighted by Crippen LogP contribution is 2.34. The number of urea groups is 1. The summed E-state index contributed by atoms with van der Waals surface area (Å²) in [5, 5.41) is 5.61. The van der Waals surface area contributed by atoms with Crippen LogP contribution in [-0.4, -0.2) is 50.7 Å². The molecule has 2 N–H and O–H groups in total. The van der Waals surface area contributed by atoms with Crippen molar-refractivity contribution in [2.45, 2.75) is 50.4 Å². The molecule has 0 radical (unpaired) electrons. The number of hydrogen-bond donors (Lipinski definition) is 2. The number of ether oxygens (including phenoxy) is 2. The lowest BCUT2D eigenvalue weighted by molar-refractivity contribution is -0.173. The van der Waals surface area contributed by atoms with Gasteiger partial charge >= 0.3 is 12.2 Å². The van der Waals surface area contributed by atoms with Crippen molar-refractivity contribution >= 4 is 6.03 Å². The third-order valence-electron chi connectivity index (χ3n) is 4.11. The molecule has 0 unspecified atom stereocenters. The second kappa shape index (κ2) is 8.01. The molecule has 0 aromatic heterocycles. The van der Waals surface area contributed by atoms with E-state index in [2.05, 4.69) is 15.4 Å². The summed E-state index contributed by atoms with van der Waals surface area (Å²) in [6, 6.07) is -0.142. The fraction of sp³-hybridized carbons (Fsp3) is 0.929. The molecule has 1 aliphatic carbocycles. The van der Waals surface area contributed by atoms with Crippen LogP contribution in [0.15, 0.2) is 0 Å². The Kier molecular flexibility index (Phi) is 6.31. The van der Waals surface area contributed by atoms with E-state index in [1.165, 1.54) is 0 Å². The molecule has 1 saturated carbocycles. The second-order valence-corrected chi connectivity index (χ2v) is 5.82. The zero-order valence-electron chi connectivity index (χ0n) is 12.5. The number of hydrogen-bond acceptors (Lipinski definition) is 3. The summed E-state index contributed by atoms with van der Waals surface area (Å²) in [6.45, 7) is -0.223. The SMILES string of the molecule is O=C(NCCCOCC(F)(F)F)N[C@@H]1CCC[C@H]2OCC[C@@H]12. The fourth-order valence-electron chi connectivity index (χ4n) is 3.14. The maximum Gasteiger partial charge on any atom is 0.411 e. The van der Waals surface area contributed by atoms with Crippen LogP contribution < -0.4 is 10.6 Å². The lowest BCUT2D eigenvalue weighted by atomic mass is 9.82. The molecule has 3 atom stereocenters. The summed E-state index contributed by atoms with van der Waals surface area (Å²) in [5.41, 5.74) is 0. The van der Waals surface area contributed by atoms with E-state index in [9.17, 15) is 18.0 Å². The maximum atomic E-state index is 11.8. The Hall–Kier alpha value is -1.02. The van der Waals surface area contributed by atoms with E-state index < -0.39 is 12.8 Å². The normalized spacial score (nSPS) is 28.2. The van der Waals surface area contributed by atoms with Crippen molar-refractivity contribution in [3.05, 3.63) is 0 Å². The fourth-order valence-corrected chi connectivity index (χ4v) is 3.14. The van der Waals surface area contributed by atoms with Gasteiger partial charge in [-0.15, -0.1) is 0 Å². The van der Waals surface area contributed by atoms with Crippen LogP contribution in [0.1, 0.15) is 32.1 Å². The Balaban J connectivity index is 1.56. The quantitative estimate of drug-likeness (QED) is 0.737. The van der Waals surface area contributed by atoms with Gasteiger partial charge in [-0.05, 0) is 32.1 Å². The lowest BCUT2D eigenvalue weighted by Crippen LogP contribution is -2.49. The Morgan fingerprint density at radius 1 is 1.27 bits per heavy atom. The van der Waals surface area contributed by atoms with E-state index >= 15 is 0 Å². The maximum absolute atomic E-state index is 11.8. The molecule has 2 rings (SSSR count). The van der Waals surface area contributed by atoms with E-state index in [0.29, 0.717) is 18.9 Å². The highest BCUT2D eigenvalue weighted by Gasteiger charge is 2.38. The minimum Gasteiger partial charge on any atom is -0.378 e. The van der Waals surface area contributed by atoms with Crippen LogP contribution in [0.2, 0.25) is 0 Å². The van der Waals surface area contributed by atoms with Crippen LogP contribution in [0.4, 0.5) is 18.0 Å². The summed E-state index contributed by atoms with van der Waals surface area (Å²) in [5.74, 6) is 0.384. The highest BCUT2D eigenvalue weighted by atomic mass is 19.4. The Bertz CT molecular complexity index is 366. The molecule has 1 heterocycles. The molecular weight excluding hydrogens is 301 g/mol. The van der Waals surface area contributed by atoms with Crippen LogP contribution in [0, 0.1) is 5.92 Å². The van der Waals surface area contributed by atoms with Crippen LogP contribution in [0.25, 0.3) is 0 Å². The second-order valence-electron chi connectivity index (χ2n) is 5.82. The third-order valence-corrected chi connectivity index (χ3v) is 4.11. The molecule has 128 valence electrons. The van der Waals surface area contributed by atoms with Crippen LogP contribution >= 0.6 is 0 Å². The molecule has 0 aromatic rings. The van der Waals surface area contributed by atoms with Crippen molar-refractivity contribution < 1.29 is 27.4 Å². The summed E-state index contributed by atoms with van der Waals surface area (Å²) in [7, 11) is 0. The third kappa shape index (κ3) is 5.64. The first kappa shape index (κ1) is 17.3. The zero-order valence-corrected chi connectivity index (χ0v) is 12.5. The molecule has 22 heavy (non-hydrogen) atoms. The van der Waals surface area contributed by atoms with Gasteiger partial charge in [0, 0.05) is 31.7 Å². The largest absolute Gasteiger partial charge is 0.411 e. The summed E-state index contributed by atoms with van der Waals surface area (Å²) >= 11 is 0. The number of carbonyl (C=O) groups excluding carboxylic acids is 1. The van der Waals surface area contributed by atoms with Gasteiger partial charge in [-0.2, -0.15) is 13.2 Å². The first-order valence-electron chi connectivity index (χ1n) is 7.76. The summed E-state index contributed by atoms with van der Waals surface area (Å²) < 4.78 is 45.7. The van der Waals surface area contributed by atoms with Gasteiger partial charge in [-0.1, -0.05) is 0 Å². The number of fused-ring (bicyclic) bond motifs is 1. The number of nitrogens with one attached hydrogen (secondary N) is 2. The van der Waals surface area contributed by atoms with Gasteiger partial charge in [-0.25, -0.2) is 4.79 Å². The summed E-state index contributed by atoms with van der Waals surface area (Å²) in [4.78, 5) is 11.8. The van der Waals surface area contributed by atoms with Gasteiger partial charge < -0.3 is 20.1 Å². The van der Waals surface area contributed by atoms with Crippen molar-refractivity contribution in [1.82, 2.24) is 10.6 Å².